The molecule has 212 valence electrons. The third-order valence-corrected chi connectivity index (χ3v) is 5.86. The highest BCUT2D eigenvalue weighted by Gasteiger charge is 2.32. The second-order valence-corrected chi connectivity index (χ2v) is 8.95. The van der Waals surface area contributed by atoms with Gasteiger partial charge in [0, 0.05) is 29.9 Å². The molecule has 1 aromatic carbocycles. The molecule has 0 bridgehead atoms. The molecule has 2 aromatic rings. The molecule has 1 heterocycles. The topological polar surface area (TPSA) is 267 Å². The summed E-state index contributed by atoms with van der Waals surface area (Å²) in [6.45, 7) is 1.28. The predicted molar refractivity (Wildman–Crippen MR) is 136 cm³/mol. The van der Waals surface area contributed by atoms with Gasteiger partial charge in [0.1, 0.15) is 24.2 Å². The van der Waals surface area contributed by atoms with E-state index in [-0.39, 0.29) is 19.3 Å². The summed E-state index contributed by atoms with van der Waals surface area (Å²) in [6, 6.07) is 1.06. The molecular weight excluding hydrogens is 516 g/mol. The molecule has 15 heteroatoms. The fourth-order valence-electron chi connectivity index (χ4n) is 3.69. The molecule has 1 aromatic heterocycles. The van der Waals surface area contributed by atoms with Crippen LogP contribution in [0.3, 0.4) is 0 Å². The Balaban J connectivity index is 2.30. The first-order valence-corrected chi connectivity index (χ1v) is 11.9. The third-order valence-electron chi connectivity index (χ3n) is 5.86. The van der Waals surface area contributed by atoms with Crippen LogP contribution in [0.5, 0.6) is 0 Å². The molecule has 0 saturated carbocycles. The van der Waals surface area contributed by atoms with Gasteiger partial charge in [0.25, 0.3) is 0 Å². The molecule has 4 amide bonds. The predicted octanol–water partition coefficient (Wildman–Crippen LogP) is -2.30. The molecule has 0 spiro atoms. The maximum atomic E-state index is 13.3. The summed E-state index contributed by atoms with van der Waals surface area (Å²) >= 11 is 0. The van der Waals surface area contributed by atoms with Gasteiger partial charge in [-0.1, -0.05) is 18.2 Å². The Morgan fingerprint density at radius 2 is 1.51 bits per heavy atom. The Kier molecular flexibility index (Phi) is 10.9. The van der Waals surface area contributed by atoms with Crippen molar-refractivity contribution >= 4 is 46.5 Å². The number of aromatic amines is 1. The van der Waals surface area contributed by atoms with E-state index in [9.17, 15) is 44.1 Å². The minimum atomic E-state index is -1.74. The maximum absolute atomic E-state index is 13.3. The average molecular weight is 549 g/mol. The number of hydrogen-bond acceptors (Lipinski definition) is 8. The summed E-state index contributed by atoms with van der Waals surface area (Å²) in [4.78, 5) is 75.6. The van der Waals surface area contributed by atoms with Gasteiger partial charge < -0.3 is 47.7 Å². The fourth-order valence-corrected chi connectivity index (χ4v) is 3.69. The summed E-state index contributed by atoms with van der Waals surface area (Å²) in [5.41, 5.74) is 12.1. The lowest BCUT2D eigenvalue weighted by molar-refractivity contribution is -0.144. The number of aliphatic carboxylic acids is 2. The summed E-state index contributed by atoms with van der Waals surface area (Å²) in [6.07, 6.45) is -1.38. The number of aliphatic hydroxyl groups excluding tert-OH is 1. The number of carboxylic acids is 2. The number of carboxylic acid groups (broad SMARTS) is 2. The van der Waals surface area contributed by atoms with Crippen molar-refractivity contribution in [3.05, 3.63) is 36.0 Å². The zero-order chi connectivity index (χ0) is 29.3. The molecule has 5 atom stereocenters. The van der Waals surface area contributed by atoms with Crippen LogP contribution in [0.4, 0.5) is 0 Å². The minimum absolute atomic E-state index is 0.105. The van der Waals surface area contributed by atoms with E-state index >= 15 is 0 Å². The molecule has 15 nitrogen and oxygen atoms in total. The van der Waals surface area contributed by atoms with Crippen molar-refractivity contribution in [1.82, 2.24) is 20.9 Å². The van der Waals surface area contributed by atoms with Crippen LogP contribution in [-0.4, -0.2) is 86.1 Å². The third kappa shape index (κ3) is 9.08. The van der Waals surface area contributed by atoms with Crippen molar-refractivity contribution in [2.75, 3.05) is 0 Å². The largest absolute Gasteiger partial charge is 0.481 e. The van der Waals surface area contributed by atoms with Crippen LogP contribution in [0.25, 0.3) is 10.9 Å². The second-order valence-electron chi connectivity index (χ2n) is 8.95. The first-order valence-electron chi connectivity index (χ1n) is 11.9. The lowest BCUT2D eigenvalue weighted by Gasteiger charge is -2.25. The lowest BCUT2D eigenvalue weighted by Crippen LogP contribution is -2.59. The van der Waals surface area contributed by atoms with Crippen LogP contribution in [0.2, 0.25) is 0 Å². The molecule has 0 aliphatic heterocycles. The second kappa shape index (κ2) is 13.9. The summed E-state index contributed by atoms with van der Waals surface area (Å²) < 4.78 is 0. The van der Waals surface area contributed by atoms with Gasteiger partial charge >= 0.3 is 11.9 Å². The molecule has 0 aliphatic rings. The summed E-state index contributed by atoms with van der Waals surface area (Å²) in [5.74, 6) is -6.76. The van der Waals surface area contributed by atoms with Gasteiger partial charge in [0.15, 0.2) is 0 Å². The van der Waals surface area contributed by atoms with Gasteiger partial charge in [-0.25, -0.2) is 4.79 Å². The molecule has 2 rings (SSSR count). The van der Waals surface area contributed by atoms with E-state index in [1.165, 1.54) is 6.92 Å². The molecule has 11 N–H and O–H groups in total. The molecule has 0 aliphatic carbocycles. The van der Waals surface area contributed by atoms with E-state index in [1.54, 1.807) is 30.5 Å². The molecule has 5 unspecified atom stereocenters. The number of benzene rings is 1. The Bertz CT molecular complexity index is 1230. The van der Waals surface area contributed by atoms with Crippen LogP contribution < -0.4 is 27.4 Å². The molecule has 0 radical (unpaired) electrons. The number of rotatable bonds is 15. The Labute approximate surface area is 222 Å². The molecule has 0 fully saturated rings. The van der Waals surface area contributed by atoms with Crippen LogP contribution in [0.1, 0.15) is 31.7 Å². The van der Waals surface area contributed by atoms with Crippen molar-refractivity contribution in [3.63, 3.8) is 0 Å². The number of hydrogen-bond donors (Lipinski definition) is 9. The molecule has 0 saturated heterocycles. The number of carbonyl (C=O) groups excluding carboxylic acids is 4. The van der Waals surface area contributed by atoms with Crippen molar-refractivity contribution in [1.29, 1.82) is 0 Å². The van der Waals surface area contributed by atoms with Gasteiger partial charge in [0.05, 0.1) is 12.5 Å². The highest BCUT2D eigenvalue weighted by Crippen LogP contribution is 2.19. The number of primary amides is 1. The van der Waals surface area contributed by atoms with E-state index in [0.717, 1.165) is 10.9 Å². The standard InChI is InChI=1S/C24H32N6O9/c1-11(31)20(26)23(37)30-16(8-12-10-27-14-5-3-2-4-13(12)14)21(35)29-17(9-19(33)34)22(36)28-15(24(38)39)6-7-18(25)32/h2-5,10-11,15-17,20,27,31H,6-9,26H2,1H3,(H2,25,32)(H,28,36)(H,29,35)(H,30,37)(H,33,34)(H,38,39). The van der Waals surface area contributed by atoms with Crippen molar-refractivity contribution in [2.24, 2.45) is 11.5 Å². The Morgan fingerprint density at radius 1 is 0.923 bits per heavy atom. The van der Waals surface area contributed by atoms with Crippen LogP contribution >= 0.6 is 0 Å². The van der Waals surface area contributed by atoms with Crippen LogP contribution in [-0.2, 0) is 35.2 Å². The van der Waals surface area contributed by atoms with Crippen molar-refractivity contribution in [3.8, 4) is 0 Å². The van der Waals surface area contributed by atoms with Gasteiger partial charge in [-0.05, 0) is 25.0 Å². The Morgan fingerprint density at radius 3 is 2.10 bits per heavy atom. The van der Waals surface area contributed by atoms with E-state index in [4.69, 9.17) is 11.5 Å². The van der Waals surface area contributed by atoms with Crippen molar-refractivity contribution < 1.29 is 44.1 Å². The number of carbonyl (C=O) groups is 6. The number of nitrogens with two attached hydrogens (primary N) is 2. The minimum Gasteiger partial charge on any atom is -0.481 e. The normalized spacial score (nSPS) is 14.8. The zero-order valence-corrected chi connectivity index (χ0v) is 21.0. The highest BCUT2D eigenvalue weighted by atomic mass is 16.4. The van der Waals surface area contributed by atoms with Crippen molar-refractivity contribution in [2.45, 2.75) is 62.9 Å². The number of nitrogens with one attached hydrogen (secondary N) is 4. The van der Waals surface area contributed by atoms with E-state index < -0.39 is 72.3 Å². The molecular formula is C24H32N6O9. The number of aliphatic hydroxyl groups is 1. The highest BCUT2D eigenvalue weighted by molar-refractivity contribution is 5.96. The molecule has 39 heavy (non-hydrogen) atoms. The van der Waals surface area contributed by atoms with Gasteiger partial charge in [-0.15, -0.1) is 0 Å². The monoisotopic (exact) mass is 548 g/mol. The maximum Gasteiger partial charge on any atom is 0.326 e. The van der Waals surface area contributed by atoms with E-state index in [0.29, 0.717) is 5.56 Å². The van der Waals surface area contributed by atoms with Gasteiger partial charge in [0.2, 0.25) is 23.6 Å². The fraction of sp³-hybridized carbons (Fsp3) is 0.417. The number of amides is 4. The lowest BCUT2D eigenvalue weighted by atomic mass is 10.0. The number of aromatic nitrogens is 1. The number of fused-ring (bicyclic) bond motifs is 1. The average Bonchev–Trinajstić information content (AvgIpc) is 3.27. The summed E-state index contributed by atoms with van der Waals surface area (Å²) in [5, 5.41) is 35.8. The number of para-hydroxylation sites is 1. The van der Waals surface area contributed by atoms with E-state index in [1.807, 2.05) is 0 Å². The quantitative estimate of drug-likeness (QED) is 0.115. The zero-order valence-electron chi connectivity index (χ0n) is 21.0. The van der Waals surface area contributed by atoms with Crippen LogP contribution in [0, 0.1) is 0 Å². The smallest absolute Gasteiger partial charge is 0.326 e. The van der Waals surface area contributed by atoms with Gasteiger partial charge in [-0.3, -0.25) is 24.0 Å². The Hall–Kier alpha value is -4.50. The SMILES string of the molecule is CC(O)C(N)C(=O)NC(Cc1c[nH]c2ccccc12)C(=O)NC(CC(=O)O)C(=O)NC(CCC(N)=O)C(=O)O. The first kappa shape index (κ1) is 30.7. The number of H-pyrrole nitrogens is 1. The summed E-state index contributed by atoms with van der Waals surface area (Å²) in [7, 11) is 0. The van der Waals surface area contributed by atoms with Gasteiger partial charge in [-0.2, -0.15) is 0 Å². The first-order chi connectivity index (χ1) is 18.3. The van der Waals surface area contributed by atoms with E-state index in [2.05, 4.69) is 20.9 Å². The van der Waals surface area contributed by atoms with Crippen LogP contribution in [0.15, 0.2) is 30.5 Å².